The van der Waals surface area contributed by atoms with Gasteiger partial charge in [-0.3, -0.25) is 0 Å². The van der Waals surface area contributed by atoms with E-state index in [9.17, 15) is 0 Å². The second kappa shape index (κ2) is 11.7. The first kappa shape index (κ1) is 29.5. The van der Waals surface area contributed by atoms with Crippen LogP contribution in [0.5, 0.6) is 0 Å². The highest BCUT2D eigenvalue weighted by Crippen LogP contribution is 2.51. The minimum absolute atomic E-state index is 0.884. The van der Waals surface area contributed by atoms with Crippen molar-refractivity contribution >= 4 is 102 Å². The molecule has 52 heavy (non-hydrogen) atoms. The van der Waals surface area contributed by atoms with Crippen LogP contribution < -0.4 is 4.90 Å². The van der Waals surface area contributed by atoms with Crippen LogP contribution in [-0.4, -0.2) is 0 Å². The Morgan fingerprint density at radius 2 is 1.08 bits per heavy atom. The van der Waals surface area contributed by atoms with Crippen LogP contribution in [0.1, 0.15) is 0 Å². The van der Waals surface area contributed by atoms with Crippen molar-refractivity contribution in [3.63, 3.8) is 0 Å². The number of furan rings is 1. The summed E-state index contributed by atoms with van der Waals surface area (Å²) in [5.41, 5.74) is 10.0. The standard InChI is InChI=1S/C48H29NOS2/c1-3-12-30(13-4-1)32-22-24-35-39-29-33(23-27-42(39)50-43(35)28-32)49(41-19-11-18-37-36-16-7-9-20-44(36)51-47(37)41)40-26-25-34(31-14-5-2-6-15-31)48-46(40)38-17-8-10-21-45(38)52-48/h1-29H. The van der Waals surface area contributed by atoms with E-state index < -0.39 is 0 Å². The summed E-state index contributed by atoms with van der Waals surface area (Å²) in [6, 6.07) is 63.6. The summed E-state index contributed by atoms with van der Waals surface area (Å²) >= 11 is 3.75. The zero-order valence-electron chi connectivity index (χ0n) is 27.9. The summed E-state index contributed by atoms with van der Waals surface area (Å²) in [7, 11) is 0. The van der Waals surface area contributed by atoms with E-state index in [1.165, 1.54) is 62.7 Å². The van der Waals surface area contributed by atoms with Gasteiger partial charge in [0.15, 0.2) is 0 Å². The average molecular weight is 700 g/mol. The van der Waals surface area contributed by atoms with Crippen molar-refractivity contribution in [3.05, 3.63) is 176 Å². The van der Waals surface area contributed by atoms with Gasteiger partial charge in [-0.05, 0) is 76.9 Å². The van der Waals surface area contributed by atoms with Gasteiger partial charge in [-0.2, -0.15) is 0 Å². The van der Waals surface area contributed by atoms with Crippen LogP contribution in [0.3, 0.4) is 0 Å². The molecular formula is C48H29NOS2. The van der Waals surface area contributed by atoms with Gasteiger partial charge in [-0.1, -0.05) is 121 Å². The molecule has 8 aromatic carbocycles. The molecule has 0 amide bonds. The second-order valence-corrected chi connectivity index (χ2v) is 15.4. The third-order valence-electron chi connectivity index (χ3n) is 10.3. The van der Waals surface area contributed by atoms with Gasteiger partial charge >= 0.3 is 0 Å². The van der Waals surface area contributed by atoms with Crippen molar-refractivity contribution in [2.75, 3.05) is 4.90 Å². The van der Waals surface area contributed by atoms with Crippen LogP contribution >= 0.6 is 22.7 Å². The Hall–Kier alpha value is -6.20. The summed E-state index contributed by atoms with van der Waals surface area (Å²) in [6.45, 7) is 0. The van der Waals surface area contributed by atoms with Crippen LogP contribution in [0.4, 0.5) is 17.1 Å². The van der Waals surface area contributed by atoms with Gasteiger partial charge < -0.3 is 9.32 Å². The zero-order valence-corrected chi connectivity index (χ0v) is 29.5. The lowest BCUT2D eigenvalue weighted by atomic mass is 9.99. The Morgan fingerprint density at radius 1 is 0.385 bits per heavy atom. The minimum atomic E-state index is 0.884. The number of thiophene rings is 2. The molecule has 3 aromatic heterocycles. The van der Waals surface area contributed by atoms with Crippen LogP contribution in [0.25, 0.3) is 84.5 Å². The van der Waals surface area contributed by atoms with E-state index in [0.717, 1.165) is 38.9 Å². The maximum Gasteiger partial charge on any atom is 0.136 e. The van der Waals surface area contributed by atoms with Crippen molar-refractivity contribution in [1.29, 1.82) is 0 Å². The lowest BCUT2D eigenvalue weighted by Gasteiger charge is -2.27. The Morgan fingerprint density at radius 3 is 1.90 bits per heavy atom. The number of hydrogen-bond donors (Lipinski definition) is 0. The summed E-state index contributed by atoms with van der Waals surface area (Å²) in [6.07, 6.45) is 0. The topological polar surface area (TPSA) is 16.4 Å². The first-order valence-electron chi connectivity index (χ1n) is 17.5. The highest BCUT2D eigenvalue weighted by Gasteiger charge is 2.24. The maximum atomic E-state index is 6.54. The number of rotatable bonds is 5. The summed E-state index contributed by atoms with van der Waals surface area (Å²) in [5, 5.41) is 7.32. The van der Waals surface area contributed by atoms with Crippen molar-refractivity contribution in [2.24, 2.45) is 0 Å². The molecule has 2 nitrogen and oxygen atoms in total. The van der Waals surface area contributed by atoms with E-state index in [0.29, 0.717) is 0 Å². The number of benzene rings is 8. The molecule has 0 unspecified atom stereocenters. The van der Waals surface area contributed by atoms with Gasteiger partial charge in [0, 0.05) is 52.1 Å². The molecule has 0 bridgehead atoms. The molecule has 3 heterocycles. The second-order valence-electron chi connectivity index (χ2n) is 13.2. The number of fused-ring (bicyclic) bond motifs is 9. The number of anilines is 3. The monoisotopic (exact) mass is 699 g/mol. The lowest BCUT2D eigenvalue weighted by Crippen LogP contribution is -2.10. The highest BCUT2D eigenvalue weighted by atomic mass is 32.1. The predicted molar refractivity (Wildman–Crippen MR) is 225 cm³/mol. The van der Waals surface area contributed by atoms with E-state index in [-0.39, 0.29) is 0 Å². The van der Waals surface area contributed by atoms with E-state index >= 15 is 0 Å². The predicted octanol–water partition coefficient (Wildman–Crippen LogP) is 15.1. The van der Waals surface area contributed by atoms with Gasteiger partial charge in [-0.25, -0.2) is 0 Å². The lowest BCUT2D eigenvalue weighted by molar-refractivity contribution is 0.669. The summed E-state index contributed by atoms with van der Waals surface area (Å²) < 4.78 is 11.7. The molecule has 0 fully saturated rings. The molecule has 0 aliphatic heterocycles. The number of hydrogen-bond acceptors (Lipinski definition) is 4. The summed E-state index contributed by atoms with van der Waals surface area (Å²) in [5.74, 6) is 0. The summed E-state index contributed by atoms with van der Waals surface area (Å²) in [4.78, 5) is 2.49. The Kier molecular flexibility index (Phi) is 6.63. The van der Waals surface area contributed by atoms with Gasteiger partial charge in [-0.15, -0.1) is 22.7 Å². The Labute approximate surface area is 308 Å². The maximum absolute atomic E-state index is 6.54. The molecule has 244 valence electrons. The first-order valence-corrected chi connectivity index (χ1v) is 19.1. The van der Waals surface area contributed by atoms with Gasteiger partial charge in [0.2, 0.25) is 0 Å². The molecule has 4 heteroatoms. The van der Waals surface area contributed by atoms with Crippen LogP contribution in [-0.2, 0) is 0 Å². The van der Waals surface area contributed by atoms with Crippen molar-refractivity contribution in [2.45, 2.75) is 0 Å². The minimum Gasteiger partial charge on any atom is -0.456 e. The van der Waals surface area contributed by atoms with Crippen LogP contribution in [0.2, 0.25) is 0 Å². The molecule has 11 aromatic rings. The van der Waals surface area contributed by atoms with Gasteiger partial charge in [0.05, 0.1) is 16.1 Å². The SMILES string of the molecule is c1ccc(-c2ccc3c(c2)oc2ccc(N(c4cccc5c4sc4ccccc45)c4ccc(-c5ccccc5)c5sc6ccccc6c45)cc23)cc1. The third-order valence-corrected chi connectivity index (χ3v) is 12.7. The molecule has 0 aliphatic rings. The zero-order chi connectivity index (χ0) is 34.2. The van der Waals surface area contributed by atoms with E-state index in [1.54, 1.807) is 0 Å². The fourth-order valence-electron chi connectivity index (χ4n) is 7.87. The molecule has 0 aliphatic carbocycles. The Balaban J connectivity index is 1.20. The Bertz CT molecular complexity index is 3130. The van der Waals surface area contributed by atoms with Crippen LogP contribution in [0, 0.1) is 0 Å². The molecule has 0 saturated heterocycles. The van der Waals surface area contributed by atoms with Crippen molar-refractivity contribution < 1.29 is 4.42 Å². The number of nitrogens with zero attached hydrogens (tertiary/aromatic N) is 1. The molecular weight excluding hydrogens is 671 g/mol. The smallest absolute Gasteiger partial charge is 0.136 e. The fraction of sp³-hybridized carbons (Fsp3) is 0. The molecule has 0 N–H and O–H groups in total. The van der Waals surface area contributed by atoms with Gasteiger partial charge in [0.25, 0.3) is 0 Å². The molecule has 0 atom stereocenters. The van der Waals surface area contributed by atoms with E-state index in [1.807, 2.05) is 22.7 Å². The van der Waals surface area contributed by atoms with Crippen LogP contribution in [0.15, 0.2) is 180 Å². The van der Waals surface area contributed by atoms with Crippen molar-refractivity contribution in [3.8, 4) is 22.3 Å². The van der Waals surface area contributed by atoms with E-state index in [2.05, 4.69) is 181 Å². The van der Waals surface area contributed by atoms with Gasteiger partial charge in [0.1, 0.15) is 11.2 Å². The highest BCUT2D eigenvalue weighted by molar-refractivity contribution is 7.27. The average Bonchev–Trinajstić information content (AvgIpc) is 3.90. The molecule has 11 rings (SSSR count). The third kappa shape index (κ3) is 4.55. The molecule has 0 radical (unpaired) electrons. The largest absolute Gasteiger partial charge is 0.456 e. The normalized spacial score (nSPS) is 11.8. The van der Waals surface area contributed by atoms with E-state index in [4.69, 9.17) is 4.42 Å². The quantitative estimate of drug-likeness (QED) is 0.178. The first-order chi connectivity index (χ1) is 25.8. The molecule has 0 saturated carbocycles. The fourth-order valence-corrected chi connectivity index (χ4v) is 10.3. The molecule has 0 spiro atoms. The van der Waals surface area contributed by atoms with Crippen molar-refractivity contribution in [1.82, 2.24) is 0 Å².